The zero-order chi connectivity index (χ0) is 12.3. The van der Waals surface area contributed by atoms with E-state index in [4.69, 9.17) is 5.84 Å². The Morgan fingerprint density at radius 1 is 1.41 bits per heavy atom. The lowest BCUT2D eigenvalue weighted by molar-refractivity contribution is 0.550. The van der Waals surface area contributed by atoms with E-state index in [0.717, 1.165) is 15.6 Å². The van der Waals surface area contributed by atoms with Gasteiger partial charge < -0.3 is 0 Å². The minimum absolute atomic E-state index is 0.0150. The summed E-state index contributed by atoms with van der Waals surface area (Å²) in [5.74, 6) is 5.37. The van der Waals surface area contributed by atoms with Crippen LogP contribution in [0.4, 0.5) is 4.39 Å². The van der Waals surface area contributed by atoms with E-state index in [0.29, 0.717) is 0 Å². The summed E-state index contributed by atoms with van der Waals surface area (Å²) in [5.41, 5.74) is 3.83. The molecule has 1 unspecified atom stereocenters. The highest BCUT2D eigenvalue weighted by molar-refractivity contribution is 14.1. The zero-order valence-corrected chi connectivity index (χ0v) is 12.0. The third-order valence-electron chi connectivity index (χ3n) is 2.52. The predicted molar refractivity (Wildman–Crippen MR) is 77.2 cm³/mol. The summed E-state index contributed by atoms with van der Waals surface area (Å²) in [7, 11) is 0. The lowest BCUT2D eigenvalue weighted by Gasteiger charge is -2.17. The van der Waals surface area contributed by atoms with Crippen molar-refractivity contribution >= 4 is 33.9 Å². The second-order valence-corrected chi connectivity index (χ2v) is 5.86. The van der Waals surface area contributed by atoms with Gasteiger partial charge in [0.15, 0.2) is 0 Å². The third kappa shape index (κ3) is 3.25. The fraction of sp³-hybridized carbons (Fsp3) is 0.167. The molecular weight excluding hydrogens is 350 g/mol. The number of hydrogen-bond acceptors (Lipinski definition) is 3. The van der Waals surface area contributed by atoms with Crippen LogP contribution in [-0.2, 0) is 6.42 Å². The SMILES string of the molecule is NNC(Cc1cccs1)c1ccc(F)cc1I. The van der Waals surface area contributed by atoms with Gasteiger partial charge in [-0.15, -0.1) is 11.3 Å². The molecule has 1 aromatic carbocycles. The quantitative estimate of drug-likeness (QED) is 0.498. The Labute approximate surface area is 117 Å². The van der Waals surface area contributed by atoms with E-state index in [1.807, 2.05) is 11.4 Å². The molecule has 3 N–H and O–H groups in total. The molecule has 2 rings (SSSR count). The molecule has 0 radical (unpaired) electrons. The number of nitrogens with two attached hydrogens (primary N) is 1. The second kappa shape index (κ2) is 5.90. The standard InChI is InChI=1S/C12H12FIN2S/c13-8-3-4-10(11(14)6-8)12(16-15)7-9-2-1-5-17-9/h1-6,12,16H,7,15H2. The molecular formula is C12H12FIN2S. The number of halogens is 2. The van der Waals surface area contributed by atoms with Gasteiger partial charge in [-0.2, -0.15) is 0 Å². The number of rotatable bonds is 4. The van der Waals surface area contributed by atoms with E-state index >= 15 is 0 Å². The van der Waals surface area contributed by atoms with Crippen LogP contribution < -0.4 is 11.3 Å². The summed E-state index contributed by atoms with van der Waals surface area (Å²) in [4.78, 5) is 1.26. The molecule has 1 heterocycles. The molecule has 0 saturated carbocycles. The van der Waals surface area contributed by atoms with Crippen molar-refractivity contribution in [3.05, 3.63) is 55.5 Å². The van der Waals surface area contributed by atoms with Crippen LogP contribution in [0.15, 0.2) is 35.7 Å². The van der Waals surface area contributed by atoms with E-state index in [1.54, 1.807) is 17.4 Å². The average molecular weight is 362 g/mol. The highest BCUT2D eigenvalue weighted by Gasteiger charge is 2.14. The largest absolute Gasteiger partial charge is 0.271 e. The first-order chi connectivity index (χ1) is 8.20. The Morgan fingerprint density at radius 2 is 2.24 bits per heavy atom. The summed E-state index contributed by atoms with van der Waals surface area (Å²) in [6.45, 7) is 0. The maximum atomic E-state index is 13.0. The monoisotopic (exact) mass is 362 g/mol. The van der Waals surface area contributed by atoms with Crippen LogP contribution in [-0.4, -0.2) is 0 Å². The first-order valence-electron chi connectivity index (χ1n) is 5.14. The van der Waals surface area contributed by atoms with Crippen molar-refractivity contribution in [3.63, 3.8) is 0 Å². The molecule has 1 atom stereocenters. The molecule has 0 aliphatic rings. The van der Waals surface area contributed by atoms with Crippen molar-refractivity contribution in [1.82, 2.24) is 5.43 Å². The van der Waals surface area contributed by atoms with Crippen molar-refractivity contribution in [1.29, 1.82) is 0 Å². The van der Waals surface area contributed by atoms with Crippen molar-refractivity contribution in [2.75, 3.05) is 0 Å². The minimum Gasteiger partial charge on any atom is -0.271 e. The van der Waals surface area contributed by atoms with Crippen LogP contribution in [0.5, 0.6) is 0 Å². The summed E-state index contributed by atoms with van der Waals surface area (Å²) >= 11 is 3.83. The molecule has 0 fully saturated rings. The first kappa shape index (κ1) is 12.9. The molecule has 90 valence electrons. The lowest BCUT2D eigenvalue weighted by Crippen LogP contribution is -2.30. The van der Waals surface area contributed by atoms with E-state index < -0.39 is 0 Å². The van der Waals surface area contributed by atoms with Crippen molar-refractivity contribution in [3.8, 4) is 0 Å². The molecule has 0 saturated heterocycles. The summed E-state index contributed by atoms with van der Waals surface area (Å²) < 4.78 is 13.9. The van der Waals surface area contributed by atoms with E-state index in [-0.39, 0.29) is 11.9 Å². The lowest BCUT2D eigenvalue weighted by atomic mass is 10.0. The predicted octanol–water partition coefficient (Wildman–Crippen LogP) is 3.24. The molecule has 2 aromatic rings. The maximum absolute atomic E-state index is 13.0. The number of benzene rings is 1. The van der Waals surface area contributed by atoms with Crippen LogP contribution >= 0.6 is 33.9 Å². The molecule has 0 amide bonds. The van der Waals surface area contributed by atoms with E-state index in [1.165, 1.54) is 17.0 Å². The topological polar surface area (TPSA) is 38.0 Å². The van der Waals surface area contributed by atoms with Gasteiger partial charge in [0, 0.05) is 14.9 Å². The van der Waals surface area contributed by atoms with Gasteiger partial charge in [0.05, 0.1) is 6.04 Å². The van der Waals surface area contributed by atoms with Crippen molar-refractivity contribution < 1.29 is 4.39 Å². The Morgan fingerprint density at radius 3 is 2.82 bits per heavy atom. The smallest absolute Gasteiger partial charge is 0.124 e. The van der Waals surface area contributed by atoms with Crippen LogP contribution in [0.2, 0.25) is 0 Å². The van der Waals surface area contributed by atoms with Gasteiger partial charge in [0.1, 0.15) is 5.82 Å². The van der Waals surface area contributed by atoms with Gasteiger partial charge >= 0.3 is 0 Å². The Bertz CT molecular complexity index is 487. The third-order valence-corrected chi connectivity index (χ3v) is 4.36. The summed E-state index contributed by atoms with van der Waals surface area (Å²) in [6.07, 6.45) is 0.815. The highest BCUT2D eigenvalue weighted by atomic mass is 127. The van der Waals surface area contributed by atoms with Gasteiger partial charge in [0.25, 0.3) is 0 Å². The Kier molecular flexibility index (Phi) is 4.49. The molecule has 0 bridgehead atoms. The Balaban J connectivity index is 2.23. The van der Waals surface area contributed by atoms with E-state index in [9.17, 15) is 4.39 Å². The number of hydrazine groups is 1. The van der Waals surface area contributed by atoms with Crippen molar-refractivity contribution in [2.24, 2.45) is 5.84 Å². The van der Waals surface area contributed by atoms with Gasteiger partial charge in [-0.3, -0.25) is 11.3 Å². The van der Waals surface area contributed by atoms with Crippen LogP contribution in [0, 0.1) is 9.39 Å². The summed E-state index contributed by atoms with van der Waals surface area (Å²) in [6, 6.07) is 8.88. The Hall–Kier alpha value is -0.500. The maximum Gasteiger partial charge on any atom is 0.124 e. The molecule has 0 spiro atoms. The zero-order valence-electron chi connectivity index (χ0n) is 8.99. The van der Waals surface area contributed by atoms with Crippen LogP contribution in [0.3, 0.4) is 0 Å². The average Bonchev–Trinajstić information content (AvgIpc) is 2.79. The number of hydrogen-bond donors (Lipinski definition) is 2. The molecule has 1 aromatic heterocycles. The molecule has 2 nitrogen and oxygen atoms in total. The van der Waals surface area contributed by atoms with Gasteiger partial charge in [-0.25, -0.2) is 4.39 Å². The number of thiophene rings is 1. The van der Waals surface area contributed by atoms with Crippen molar-refractivity contribution in [2.45, 2.75) is 12.5 Å². The second-order valence-electron chi connectivity index (χ2n) is 3.67. The van der Waals surface area contributed by atoms with Gasteiger partial charge in [0.2, 0.25) is 0 Å². The first-order valence-corrected chi connectivity index (χ1v) is 7.10. The molecule has 5 heteroatoms. The summed E-state index contributed by atoms with van der Waals surface area (Å²) in [5, 5.41) is 2.04. The van der Waals surface area contributed by atoms with Crippen LogP contribution in [0.25, 0.3) is 0 Å². The van der Waals surface area contributed by atoms with Gasteiger partial charge in [-0.05, 0) is 51.7 Å². The highest BCUT2D eigenvalue weighted by Crippen LogP contribution is 2.25. The molecule has 0 aliphatic carbocycles. The fourth-order valence-electron chi connectivity index (χ4n) is 1.67. The fourth-order valence-corrected chi connectivity index (χ4v) is 3.28. The van der Waals surface area contributed by atoms with Gasteiger partial charge in [-0.1, -0.05) is 12.1 Å². The normalized spacial score (nSPS) is 12.6. The minimum atomic E-state index is -0.218. The molecule has 0 aliphatic heterocycles. The number of nitrogens with one attached hydrogen (secondary N) is 1. The molecule has 17 heavy (non-hydrogen) atoms. The van der Waals surface area contributed by atoms with E-state index in [2.05, 4.69) is 34.1 Å². The van der Waals surface area contributed by atoms with Crippen LogP contribution in [0.1, 0.15) is 16.5 Å².